The number of nitrogen functional groups attached to an aromatic ring is 1. The molecular formula is C15H22LiN7O8S. The Balaban J connectivity index is 0.000000945. The van der Waals surface area contributed by atoms with E-state index in [0.717, 1.165) is 0 Å². The summed E-state index contributed by atoms with van der Waals surface area (Å²) in [6.07, 6.45) is 1.17. The monoisotopic (exact) mass is 467 g/mol. The first-order valence-corrected chi connectivity index (χ1v) is 10.8. The molecule has 3 rings (SSSR count). The normalized spacial score (nSPS) is 24.1. The predicted molar refractivity (Wildman–Crippen MR) is 107 cm³/mol. The Morgan fingerprint density at radius 3 is 2.56 bits per heavy atom. The van der Waals surface area contributed by atoms with Gasteiger partial charge >= 0.3 is 18.9 Å². The quantitative estimate of drug-likeness (QED) is 0.128. The van der Waals surface area contributed by atoms with Crippen LogP contribution in [0.4, 0.5) is 5.82 Å². The molecule has 17 heteroatoms. The molecule has 0 bridgehead atoms. The Bertz CT molecular complexity index is 917. The number of imidazole rings is 1. The van der Waals surface area contributed by atoms with Crippen LogP contribution in [0.2, 0.25) is 0 Å². The van der Waals surface area contributed by atoms with Crippen molar-refractivity contribution in [3.8, 4) is 0 Å². The van der Waals surface area contributed by atoms with Crippen molar-refractivity contribution in [2.45, 2.75) is 37.0 Å². The van der Waals surface area contributed by atoms with E-state index >= 15 is 0 Å². The van der Waals surface area contributed by atoms with E-state index < -0.39 is 41.6 Å². The fourth-order valence-electron chi connectivity index (χ4n) is 2.96. The molecule has 0 saturated carbocycles. The van der Waals surface area contributed by atoms with E-state index in [1.54, 1.807) is 0 Å². The molecule has 6 N–H and O–H groups in total. The Hall–Kier alpha value is -2.19. The molecule has 2 aromatic rings. The third kappa shape index (κ3) is 6.90. The molecule has 0 aromatic carbocycles. The van der Waals surface area contributed by atoms with Crippen molar-refractivity contribution in [1.29, 1.82) is 0 Å². The Kier molecular flexibility index (Phi) is 10.6. The number of hydrogen-bond donors (Lipinski definition) is 4. The number of fused-ring (bicyclic) bond motifs is 1. The van der Waals surface area contributed by atoms with Gasteiger partial charge in [-0.05, 0) is 10.9 Å². The number of aliphatic hydroxyl groups is 2. The summed E-state index contributed by atoms with van der Waals surface area (Å²) in [6.45, 7) is 0. The number of carboxylic acid groups (broad SMARTS) is 1. The van der Waals surface area contributed by atoms with Crippen molar-refractivity contribution in [2.75, 3.05) is 23.5 Å². The topological polar surface area (TPSA) is 252 Å². The second kappa shape index (κ2) is 12.2. The fourth-order valence-corrected chi connectivity index (χ4v) is 4.62. The molecule has 3 heterocycles. The SMILES string of the molecule is C[S+](CC[C@H](N)C(=O)[O-])C[C@H]1O[C@@H](n2cnc3c(N)ncnc32)[C@H](O)[C@@H]1O.O=[N+]([O-])[O-].[Li+]. The second-order valence-corrected chi connectivity index (χ2v) is 9.02. The number of nitrogens with zero attached hydrogens (tertiary/aromatic N) is 5. The maximum absolute atomic E-state index is 10.7. The molecule has 0 spiro atoms. The minimum Gasteiger partial charge on any atom is -0.548 e. The summed E-state index contributed by atoms with van der Waals surface area (Å²) in [7, 11) is -0.263. The van der Waals surface area contributed by atoms with E-state index in [-0.39, 0.29) is 42.0 Å². The molecule has 0 radical (unpaired) electrons. The number of aromatic nitrogens is 4. The first-order chi connectivity index (χ1) is 14.5. The van der Waals surface area contributed by atoms with E-state index in [1.807, 2.05) is 6.26 Å². The maximum atomic E-state index is 10.7. The van der Waals surface area contributed by atoms with E-state index in [4.69, 9.17) is 31.5 Å². The van der Waals surface area contributed by atoms with Crippen molar-refractivity contribution in [1.82, 2.24) is 19.5 Å². The van der Waals surface area contributed by atoms with Crippen molar-refractivity contribution in [2.24, 2.45) is 5.73 Å². The summed E-state index contributed by atoms with van der Waals surface area (Å²) >= 11 is 0. The van der Waals surface area contributed by atoms with Crippen LogP contribution in [0.3, 0.4) is 0 Å². The largest absolute Gasteiger partial charge is 1.00 e. The van der Waals surface area contributed by atoms with Gasteiger partial charge in [-0.2, -0.15) is 0 Å². The summed E-state index contributed by atoms with van der Waals surface area (Å²) in [5.41, 5.74) is 12.0. The number of carbonyl (C=O) groups is 1. The Morgan fingerprint density at radius 1 is 1.34 bits per heavy atom. The van der Waals surface area contributed by atoms with Crippen LogP contribution in [0.5, 0.6) is 0 Å². The number of ether oxygens (including phenoxy) is 1. The van der Waals surface area contributed by atoms with Gasteiger partial charge in [0.15, 0.2) is 17.7 Å². The van der Waals surface area contributed by atoms with E-state index in [1.165, 1.54) is 17.2 Å². The smallest absolute Gasteiger partial charge is 0.548 e. The van der Waals surface area contributed by atoms with Crippen LogP contribution >= 0.6 is 0 Å². The number of aliphatic hydroxyl groups excluding tert-OH is 2. The molecule has 1 fully saturated rings. The number of hydrogen-bond acceptors (Lipinski definition) is 13. The van der Waals surface area contributed by atoms with Crippen LogP contribution in [-0.4, -0.2) is 82.9 Å². The van der Waals surface area contributed by atoms with Crippen molar-refractivity contribution in [3.05, 3.63) is 28.0 Å². The summed E-state index contributed by atoms with van der Waals surface area (Å²) in [4.78, 5) is 31.1. The minimum atomic E-state index is -1.75. The average Bonchev–Trinajstić information content (AvgIpc) is 3.23. The predicted octanol–water partition coefficient (Wildman–Crippen LogP) is -6.49. The zero-order valence-corrected chi connectivity index (χ0v) is 18.1. The van der Waals surface area contributed by atoms with Gasteiger partial charge in [0.05, 0.1) is 23.6 Å². The molecule has 0 amide bonds. The summed E-state index contributed by atoms with van der Waals surface area (Å²) in [6, 6.07) is -1.02. The van der Waals surface area contributed by atoms with Crippen molar-refractivity contribution < 1.29 is 48.8 Å². The molecule has 2 aromatic heterocycles. The number of carbonyl (C=O) groups excluding carboxylic acids is 1. The third-order valence-corrected chi connectivity index (χ3v) is 6.36. The molecule has 32 heavy (non-hydrogen) atoms. The van der Waals surface area contributed by atoms with Gasteiger partial charge in [0.2, 0.25) is 0 Å². The summed E-state index contributed by atoms with van der Waals surface area (Å²) in [5, 5.41) is 46.3. The number of nitrogens with two attached hydrogens (primary N) is 2. The van der Waals surface area contributed by atoms with E-state index in [2.05, 4.69) is 15.0 Å². The van der Waals surface area contributed by atoms with Gasteiger partial charge in [-0.3, -0.25) is 4.57 Å². The van der Waals surface area contributed by atoms with Crippen LogP contribution in [0.1, 0.15) is 12.6 Å². The summed E-state index contributed by atoms with van der Waals surface area (Å²) in [5.74, 6) is -0.0611. The Morgan fingerprint density at radius 2 is 1.97 bits per heavy atom. The molecule has 6 atom stereocenters. The van der Waals surface area contributed by atoms with Gasteiger partial charge in [-0.25, -0.2) is 15.0 Å². The van der Waals surface area contributed by atoms with E-state index in [0.29, 0.717) is 22.7 Å². The van der Waals surface area contributed by atoms with Crippen LogP contribution in [-0.2, 0) is 20.4 Å². The third-order valence-electron chi connectivity index (χ3n) is 4.53. The van der Waals surface area contributed by atoms with Gasteiger partial charge < -0.3 is 51.6 Å². The molecule has 1 unspecified atom stereocenters. The maximum Gasteiger partial charge on any atom is 1.00 e. The molecule has 15 nitrogen and oxygen atoms in total. The van der Waals surface area contributed by atoms with Crippen molar-refractivity contribution >= 4 is 33.8 Å². The average molecular weight is 467 g/mol. The van der Waals surface area contributed by atoms with Gasteiger partial charge in [-0.15, -0.1) is 0 Å². The molecule has 0 aliphatic carbocycles. The van der Waals surface area contributed by atoms with Crippen LogP contribution < -0.4 is 35.4 Å². The number of anilines is 1. The number of aliphatic carboxylic acids is 1. The first-order valence-electron chi connectivity index (χ1n) is 8.84. The first kappa shape index (κ1) is 27.8. The molecule has 172 valence electrons. The Labute approximate surface area is 196 Å². The number of carboxylic acids is 1. The van der Waals surface area contributed by atoms with Crippen LogP contribution in [0.15, 0.2) is 12.7 Å². The fraction of sp³-hybridized carbons (Fsp3) is 0.600. The minimum absolute atomic E-state index is 0. The zero-order valence-electron chi connectivity index (χ0n) is 17.3. The molecule has 1 aliphatic heterocycles. The van der Waals surface area contributed by atoms with Gasteiger partial charge in [-0.1, -0.05) is 0 Å². The molecule has 1 saturated heterocycles. The van der Waals surface area contributed by atoms with Crippen LogP contribution in [0.25, 0.3) is 11.2 Å². The number of rotatable bonds is 7. The van der Waals surface area contributed by atoms with Crippen molar-refractivity contribution in [3.63, 3.8) is 0 Å². The zero-order chi connectivity index (χ0) is 23.3. The van der Waals surface area contributed by atoms with E-state index in [9.17, 15) is 20.1 Å². The second-order valence-electron chi connectivity index (χ2n) is 6.72. The molecular weight excluding hydrogens is 445 g/mol. The standard InChI is InChI=1S/C15H22N6O5S.Li.NO3/c1-27(3-2-7(16)15(24)25)4-8-10(22)11(23)14(26-8)21-6-20-9-12(17)18-5-19-13(9)21;;2-1(3)4/h5-8,10-11,14,22-23H,2-4,16H2,1H3,(H2-,17,18,19,24,25);;/q;+1;-1/t7-,8+,10+,11+,14+,27?;;/m0../s1. The summed E-state index contributed by atoms with van der Waals surface area (Å²) < 4.78 is 7.39. The van der Waals surface area contributed by atoms with Gasteiger partial charge in [0, 0.05) is 12.5 Å². The van der Waals surface area contributed by atoms with Crippen LogP contribution in [0, 0.1) is 15.3 Å². The van der Waals surface area contributed by atoms with Gasteiger partial charge in [0.1, 0.15) is 41.7 Å². The molecule has 1 aliphatic rings. The van der Waals surface area contributed by atoms with Gasteiger partial charge in [0.25, 0.3) is 0 Å².